The first-order valence-electron chi connectivity index (χ1n) is 7.19. The van der Waals surface area contributed by atoms with Gasteiger partial charge in [-0.25, -0.2) is 0 Å². The Balaban J connectivity index is 1.75. The highest BCUT2D eigenvalue weighted by molar-refractivity contribution is 8.03. The Kier molecular flexibility index (Phi) is 6.05. The number of benzene rings is 2. The zero-order valence-electron chi connectivity index (χ0n) is 12.5. The van der Waals surface area contributed by atoms with E-state index in [4.69, 9.17) is 5.26 Å². The van der Waals surface area contributed by atoms with E-state index in [9.17, 15) is 4.79 Å². The molecule has 2 aromatic rings. The van der Waals surface area contributed by atoms with Crippen LogP contribution in [0.3, 0.4) is 0 Å². The number of nitrogens with one attached hydrogen (secondary N) is 1. The minimum Gasteiger partial charge on any atom is -0.326 e. The molecule has 0 saturated heterocycles. The van der Waals surface area contributed by atoms with Crippen LogP contribution in [0.15, 0.2) is 53.4 Å². The number of thioether (sulfide) groups is 1. The van der Waals surface area contributed by atoms with Gasteiger partial charge in [-0.2, -0.15) is 5.26 Å². The molecular weight excluding hydrogens is 292 g/mol. The molecule has 0 aliphatic rings. The molecule has 0 fully saturated rings. The van der Waals surface area contributed by atoms with E-state index in [0.29, 0.717) is 6.42 Å². The number of carbonyl (C=O) groups is 1. The monoisotopic (exact) mass is 310 g/mol. The van der Waals surface area contributed by atoms with Crippen molar-refractivity contribution in [2.45, 2.75) is 31.1 Å². The van der Waals surface area contributed by atoms with Crippen molar-refractivity contribution in [3.63, 3.8) is 0 Å². The summed E-state index contributed by atoms with van der Waals surface area (Å²) >= 11 is 1.11. The van der Waals surface area contributed by atoms with Gasteiger partial charge in [0.2, 0.25) is 5.91 Å². The Morgan fingerprint density at radius 1 is 1.14 bits per heavy atom. The Bertz CT molecular complexity index is 657. The van der Waals surface area contributed by atoms with E-state index < -0.39 is 0 Å². The Labute approximate surface area is 135 Å². The summed E-state index contributed by atoms with van der Waals surface area (Å²) in [6.07, 6.45) is 2.24. The van der Waals surface area contributed by atoms with Crippen LogP contribution in [-0.2, 0) is 11.2 Å². The summed E-state index contributed by atoms with van der Waals surface area (Å²) in [7, 11) is 0. The molecule has 2 aromatic carbocycles. The van der Waals surface area contributed by atoms with Crippen LogP contribution in [0.4, 0.5) is 5.69 Å². The lowest BCUT2D eigenvalue weighted by Gasteiger charge is -2.06. The number of amides is 1. The van der Waals surface area contributed by atoms with E-state index in [0.717, 1.165) is 35.2 Å². The van der Waals surface area contributed by atoms with Crippen molar-refractivity contribution in [1.29, 1.82) is 5.26 Å². The maximum atomic E-state index is 11.9. The quantitative estimate of drug-likeness (QED) is 0.630. The lowest BCUT2D eigenvalue weighted by Crippen LogP contribution is -2.11. The number of thiocyanates is 1. The van der Waals surface area contributed by atoms with Gasteiger partial charge >= 0.3 is 0 Å². The first kappa shape index (κ1) is 16.1. The Hall–Kier alpha value is -2.25. The van der Waals surface area contributed by atoms with Crippen LogP contribution in [0.5, 0.6) is 0 Å². The molecule has 1 amide bonds. The zero-order chi connectivity index (χ0) is 15.8. The van der Waals surface area contributed by atoms with Gasteiger partial charge in [0, 0.05) is 17.0 Å². The van der Waals surface area contributed by atoms with Gasteiger partial charge in [-0.15, -0.1) is 0 Å². The molecule has 0 aromatic heterocycles. The molecule has 3 nitrogen and oxygen atoms in total. The Morgan fingerprint density at radius 2 is 1.82 bits per heavy atom. The van der Waals surface area contributed by atoms with E-state index in [2.05, 4.69) is 36.5 Å². The lowest BCUT2D eigenvalue weighted by atomic mass is 10.1. The smallest absolute Gasteiger partial charge is 0.224 e. The molecule has 0 aliphatic heterocycles. The van der Waals surface area contributed by atoms with Gasteiger partial charge < -0.3 is 5.32 Å². The maximum absolute atomic E-state index is 11.9. The average Bonchev–Trinajstić information content (AvgIpc) is 2.51. The first-order valence-corrected chi connectivity index (χ1v) is 8.00. The number of hydrogen-bond acceptors (Lipinski definition) is 3. The summed E-state index contributed by atoms with van der Waals surface area (Å²) in [5, 5.41) is 13.5. The molecule has 4 heteroatoms. The lowest BCUT2D eigenvalue weighted by molar-refractivity contribution is -0.116. The molecule has 0 spiro atoms. The summed E-state index contributed by atoms with van der Waals surface area (Å²) in [5.41, 5.74) is 3.28. The standard InChI is InChI=1S/C18H18N2OS/c1-14-5-7-15(8-6-14)3-2-4-18(21)20-16-9-11-17(12-10-16)22-13-19/h5-12H,2-4H2,1H3,(H,20,21). The second kappa shape index (κ2) is 8.26. The molecular formula is C18H18N2OS. The molecule has 0 atom stereocenters. The van der Waals surface area contributed by atoms with Gasteiger partial charge in [-0.3, -0.25) is 4.79 Å². The second-order valence-corrected chi connectivity index (χ2v) is 5.96. The number of hydrogen-bond donors (Lipinski definition) is 1. The average molecular weight is 310 g/mol. The molecule has 0 aliphatic carbocycles. The number of rotatable bonds is 6. The molecule has 0 bridgehead atoms. The molecule has 0 heterocycles. The fourth-order valence-corrected chi connectivity index (χ4v) is 2.47. The minimum absolute atomic E-state index is 0.0211. The third-order valence-electron chi connectivity index (χ3n) is 3.29. The van der Waals surface area contributed by atoms with Crippen LogP contribution in [0, 0.1) is 17.6 Å². The fourth-order valence-electron chi connectivity index (χ4n) is 2.09. The first-order chi connectivity index (χ1) is 10.7. The third kappa shape index (κ3) is 5.27. The molecule has 22 heavy (non-hydrogen) atoms. The molecule has 0 saturated carbocycles. The maximum Gasteiger partial charge on any atom is 0.224 e. The van der Waals surface area contributed by atoms with Crippen molar-refractivity contribution in [2.24, 2.45) is 0 Å². The van der Waals surface area contributed by atoms with E-state index in [1.54, 1.807) is 0 Å². The highest BCUT2D eigenvalue weighted by Gasteiger charge is 2.03. The van der Waals surface area contributed by atoms with Crippen LogP contribution in [0.2, 0.25) is 0 Å². The number of anilines is 1. The summed E-state index contributed by atoms with van der Waals surface area (Å²) < 4.78 is 0. The van der Waals surface area contributed by atoms with Gasteiger partial charge in [0.1, 0.15) is 5.40 Å². The molecule has 0 unspecified atom stereocenters. The SMILES string of the molecule is Cc1ccc(CCCC(=O)Nc2ccc(SC#N)cc2)cc1. The van der Waals surface area contributed by atoms with Crippen LogP contribution in [0.1, 0.15) is 24.0 Å². The van der Waals surface area contributed by atoms with E-state index >= 15 is 0 Å². The van der Waals surface area contributed by atoms with Gasteiger partial charge in [-0.1, -0.05) is 29.8 Å². The van der Waals surface area contributed by atoms with Crippen LogP contribution in [-0.4, -0.2) is 5.91 Å². The summed E-state index contributed by atoms with van der Waals surface area (Å²) in [6, 6.07) is 15.7. The van der Waals surface area contributed by atoms with Gasteiger partial charge in [-0.05, 0) is 61.4 Å². The van der Waals surface area contributed by atoms with Crippen molar-refractivity contribution in [1.82, 2.24) is 0 Å². The van der Waals surface area contributed by atoms with Crippen LogP contribution < -0.4 is 5.32 Å². The normalized spacial score (nSPS) is 10.0. The number of aryl methyl sites for hydroxylation is 2. The van der Waals surface area contributed by atoms with Gasteiger partial charge in [0.15, 0.2) is 0 Å². The topological polar surface area (TPSA) is 52.9 Å². The highest BCUT2D eigenvalue weighted by atomic mass is 32.2. The van der Waals surface area contributed by atoms with Crippen molar-refractivity contribution >= 4 is 23.4 Å². The minimum atomic E-state index is 0.0211. The third-order valence-corrected chi connectivity index (χ3v) is 3.89. The van der Waals surface area contributed by atoms with Crippen molar-refractivity contribution in [3.8, 4) is 5.40 Å². The summed E-state index contributed by atoms with van der Waals surface area (Å²) in [4.78, 5) is 12.8. The van der Waals surface area contributed by atoms with Crippen LogP contribution in [0.25, 0.3) is 0 Å². The Morgan fingerprint density at radius 3 is 2.45 bits per heavy atom. The van der Waals surface area contributed by atoms with Crippen molar-refractivity contribution in [3.05, 3.63) is 59.7 Å². The summed E-state index contributed by atoms with van der Waals surface area (Å²) in [6.45, 7) is 2.07. The number of nitrogens with zero attached hydrogens (tertiary/aromatic N) is 1. The van der Waals surface area contributed by atoms with Gasteiger partial charge in [0.05, 0.1) is 0 Å². The molecule has 1 N–H and O–H groups in total. The number of nitriles is 1. The predicted molar refractivity (Wildman–Crippen MR) is 90.7 cm³/mol. The number of carbonyl (C=O) groups excluding carboxylic acids is 1. The molecule has 2 rings (SSSR count). The van der Waals surface area contributed by atoms with Crippen LogP contribution >= 0.6 is 11.8 Å². The van der Waals surface area contributed by atoms with E-state index in [1.807, 2.05) is 29.7 Å². The largest absolute Gasteiger partial charge is 0.326 e. The van der Waals surface area contributed by atoms with Gasteiger partial charge in [0.25, 0.3) is 0 Å². The van der Waals surface area contributed by atoms with Crippen molar-refractivity contribution in [2.75, 3.05) is 5.32 Å². The van der Waals surface area contributed by atoms with Crippen molar-refractivity contribution < 1.29 is 4.79 Å². The summed E-state index contributed by atoms with van der Waals surface area (Å²) in [5.74, 6) is 0.0211. The van der Waals surface area contributed by atoms with E-state index in [1.165, 1.54) is 11.1 Å². The zero-order valence-corrected chi connectivity index (χ0v) is 13.3. The fraction of sp³-hybridized carbons (Fsp3) is 0.222. The van der Waals surface area contributed by atoms with E-state index in [-0.39, 0.29) is 5.91 Å². The highest BCUT2D eigenvalue weighted by Crippen LogP contribution is 2.19. The molecule has 112 valence electrons. The molecule has 0 radical (unpaired) electrons. The second-order valence-electron chi connectivity index (χ2n) is 5.11. The predicted octanol–water partition coefficient (Wildman–Crippen LogP) is 4.53.